The third-order valence-electron chi connectivity index (χ3n) is 3.15. The average Bonchev–Trinajstić information content (AvgIpc) is 2.92. The number of rotatable bonds is 4. The number of carbonyl (C=O) groups is 1. The SMILES string of the molecule is CCN(CC)C(=O)n1ccc(Sc2ccc(Br)c(C)c2)n1. The van der Waals surface area contributed by atoms with Crippen LogP contribution in [0.4, 0.5) is 4.79 Å². The molecule has 0 spiro atoms. The Morgan fingerprint density at radius 3 is 2.67 bits per heavy atom. The topological polar surface area (TPSA) is 38.1 Å². The molecule has 112 valence electrons. The summed E-state index contributed by atoms with van der Waals surface area (Å²) in [5.74, 6) is 0. The van der Waals surface area contributed by atoms with Crippen LogP contribution in [0.3, 0.4) is 0 Å². The predicted octanol–water partition coefficient (Wildman–Crippen LogP) is 4.42. The van der Waals surface area contributed by atoms with Gasteiger partial charge in [-0.1, -0.05) is 27.7 Å². The van der Waals surface area contributed by atoms with Gasteiger partial charge >= 0.3 is 6.03 Å². The van der Waals surface area contributed by atoms with Crippen LogP contribution in [0.5, 0.6) is 0 Å². The highest BCUT2D eigenvalue weighted by Gasteiger charge is 2.13. The Hall–Kier alpha value is -1.27. The van der Waals surface area contributed by atoms with E-state index in [1.807, 2.05) is 32.0 Å². The summed E-state index contributed by atoms with van der Waals surface area (Å²) in [6, 6.07) is 7.94. The first-order valence-corrected chi connectivity index (χ1v) is 8.45. The van der Waals surface area contributed by atoms with Crippen LogP contribution in [0.25, 0.3) is 0 Å². The van der Waals surface area contributed by atoms with Gasteiger partial charge in [0.2, 0.25) is 0 Å². The van der Waals surface area contributed by atoms with Crippen molar-refractivity contribution in [3.05, 3.63) is 40.5 Å². The Morgan fingerprint density at radius 2 is 2.05 bits per heavy atom. The molecule has 1 heterocycles. The summed E-state index contributed by atoms with van der Waals surface area (Å²) < 4.78 is 2.50. The molecule has 1 aromatic heterocycles. The Bertz CT molecular complexity index is 638. The number of hydrogen-bond donors (Lipinski definition) is 0. The molecular formula is C15H18BrN3OS. The summed E-state index contributed by atoms with van der Waals surface area (Å²) in [6.45, 7) is 7.35. The van der Waals surface area contributed by atoms with Gasteiger partial charge in [-0.2, -0.15) is 9.78 Å². The standard InChI is InChI=1S/C15H18BrN3OS/c1-4-18(5-2)15(20)19-9-8-14(17-19)21-12-6-7-13(16)11(3)10-12/h6-10H,4-5H2,1-3H3. The van der Waals surface area contributed by atoms with Crippen molar-refractivity contribution in [3.63, 3.8) is 0 Å². The second-order valence-electron chi connectivity index (χ2n) is 4.57. The molecule has 0 radical (unpaired) electrons. The number of aryl methyl sites for hydroxylation is 1. The molecule has 0 aliphatic rings. The summed E-state index contributed by atoms with van der Waals surface area (Å²) in [7, 11) is 0. The zero-order chi connectivity index (χ0) is 15.4. The maximum Gasteiger partial charge on any atom is 0.344 e. The molecule has 21 heavy (non-hydrogen) atoms. The van der Waals surface area contributed by atoms with Gasteiger partial charge in [-0.25, -0.2) is 4.79 Å². The van der Waals surface area contributed by atoms with Crippen LogP contribution in [0.15, 0.2) is 44.9 Å². The second kappa shape index (κ2) is 7.13. The molecule has 0 aliphatic carbocycles. The first kappa shape index (κ1) is 16.1. The quantitative estimate of drug-likeness (QED) is 0.802. The van der Waals surface area contributed by atoms with Crippen molar-refractivity contribution in [1.29, 1.82) is 0 Å². The van der Waals surface area contributed by atoms with E-state index < -0.39 is 0 Å². The maximum atomic E-state index is 12.2. The highest BCUT2D eigenvalue weighted by molar-refractivity contribution is 9.10. The van der Waals surface area contributed by atoms with Crippen molar-refractivity contribution in [2.75, 3.05) is 13.1 Å². The maximum absolute atomic E-state index is 12.2. The number of hydrogen-bond acceptors (Lipinski definition) is 3. The van der Waals surface area contributed by atoms with Gasteiger partial charge < -0.3 is 4.90 Å². The van der Waals surface area contributed by atoms with Crippen molar-refractivity contribution < 1.29 is 4.79 Å². The summed E-state index contributed by atoms with van der Waals surface area (Å²) in [5.41, 5.74) is 1.18. The van der Waals surface area contributed by atoms with E-state index in [0.29, 0.717) is 13.1 Å². The fourth-order valence-electron chi connectivity index (χ4n) is 1.91. The van der Waals surface area contributed by atoms with Crippen molar-refractivity contribution in [1.82, 2.24) is 14.7 Å². The molecule has 0 unspecified atom stereocenters. The Labute approximate surface area is 137 Å². The molecule has 0 saturated carbocycles. The van der Waals surface area contributed by atoms with Gasteiger partial charge in [0.05, 0.1) is 0 Å². The lowest BCUT2D eigenvalue weighted by molar-refractivity contribution is 0.201. The normalized spacial score (nSPS) is 10.7. The lowest BCUT2D eigenvalue weighted by Gasteiger charge is -2.17. The second-order valence-corrected chi connectivity index (χ2v) is 6.51. The van der Waals surface area contributed by atoms with Crippen molar-refractivity contribution in [2.24, 2.45) is 0 Å². The number of amides is 1. The van der Waals surface area contributed by atoms with Crippen LogP contribution in [0.1, 0.15) is 19.4 Å². The van der Waals surface area contributed by atoms with Crippen LogP contribution >= 0.6 is 27.7 Å². The molecule has 1 amide bonds. The van der Waals surface area contributed by atoms with Crippen LogP contribution in [-0.2, 0) is 0 Å². The molecule has 2 aromatic rings. The minimum absolute atomic E-state index is 0.0844. The zero-order valence-electron chi connectivity index (χ0n) is 12.3. The Morgan fingerprint density at radius 1 is 1.33 bits per heavy atom. The molecule has 6 heteroatoms. The lowest BCUT2D eigenvalue weighted by atomic mass is 10.2. The Balaban J connectivity index is 2.12. The monoisotopic (exact) mass is 367 g/mol. The molecule has 0 bridgehead atoms. The molecular weight excluding hydrogens is 350 g/mol. The number of benzene rings is 1. The number of halogens is 1. The molecule has 4 nitrogen and oxygen atoms in total. The van der Waals surface area contributed by atoms with Crippen LogP contribution < -0.4 is 0 Å². The molecule has 0 aliphatic heterocycles. The summed E-state index contributed by atoms with van der Waals surface area (Å²) >= 11 is 5.04. The lowest BCUT2D eigenvalue weighted by Crippen LogP contribution is -2.34. The van der Waals surface area contributed by atoms with Gasteiger partial charge in [-0.15, -0.1) is 0 Å². The van der Waals surface area contributed by atoms with E-state index >= 15 is 0 Å². The third-order valence-corrected chi connectivity index (χ3v) is 4.95. The van der Waals surface area contributed by atoms with Gasteiger partial charge in [0, 0.05) is 28.7 Å². The van der Waals surface area contributed by atoms with Gasteiger partial charge in [0.15, 0.2) is 0 Å². The van der Waals surface area contributed by atoms with Crippen LogP contribution in [0, 0.1) is 6.92 Å². The number of nitrogens with zero attached hydrogens (tertiary/aromatic N) is 3. The minimum Gasteiger partial charge on any atom is -0.323 e. The molecule has 0 atom stereocenters. The highest BCUT2D eigenvalue weighted by atomic mass is 79.9. The van der Waals surface area contributed by atoms with Gasteiger partial charge in [0.1, 0.15) is 5.03 Å². The molecule has 0 fully saturated rings. The van der Waals surface area contributed by atoms with E-state index in [0.717, 1.165) is 14.4 Å². The van der Waals surface area contributed by atoms with Crippen LogP contribution in [0.2, 0.25) is 0 Å². The van der Waals surface area contributed by atoms with Crippen molar-refractivity contribution in [3.8, 4) is 0 Å². The molecule has 1 aromatic carbocycles. The molecule has 0 saturated heterocycles. The van der Waals surface area contributed by atoms with E-state index in [-0.39, 0.29) is 6.03 Å². The smallest absolute Gasteiger partial charge is 0.323 e. The summed E-state index contributed by atoms with van der Waals surface area (Å²) in [6.07, 6.45) is 1.72. The first-order chi connectivity index (χ1) is 10.0. The Kier molecular flexibility index (Phi) is 5.47. The number of aromatic nitrogens is 2. The molecule has 2 rings (SSSR count). The molecule has 0 N–H and O–H groups in total. The van der Waals surface area contributed by atoms with Crippen molar-refractivity contribution >= 4 is 33.7 Å². The highest BCUT2D eigenvalue weighted by Crippen LogP contribution is 2.29. The van der Waals surface area contributed by atoms with Crippen LogP contribution in [-0.4, -0.2) is 33.8 Å². The summed E-state index contributed by atoms with van der Waals surface area (Å²) in [4.78, 5) is 15.0. The van der Waals surface area contributed by atoms with Gasteiger partial charge in [0.25, 0.3) is 0 Å². The predicted molar refractivity (Wildman–Crippen MR) is 88.9 cm³/mol. The first-order valence-electron chi connectivity index (χ1n) is 6.84. The average molecular weight is 368 g/mol. The van der Waals surface area contributed by atoms with Crippen molar-refractivity contribution in [2.45, 2.75) is 30.7 Å². The van der Waals surface area contributed by atoms with E-state index in [9.17, 15) is 4.79 Å². The fourth-order valence-corrected chi connectivity index (χ4v) is 3.03. The van der Waals surface area contributed by atoms with E-state index in [1.54, 1.807) is 22.9 Å². The largest absolute Gasteiger partial charge is 0.344 e. The third kappa shape index (κ3) is 3.89. The number of carbonyl (C=O) groups excluding carboxylic acids is 1. The zero-order valence-corrected chi connectivity index (χ0v) is 14.7. The fraction of sp³-hybridized carbons (Fsp3) is 0.333. The summed E-state index contributed by atoms with van der Waals surface area (Å²) in [5, 5.41) is 5.17. The van der Waals surface area contributed by atoms with E-state index in [1.165, 1.54) is 10.2 Å². The van der Waals surface area contributed by atoms with Gasteiger partial charge in [-0.05, 0) is 50.6 Å². The van der Waals surface area contributed by atoms with E-state index in [4.69, 9.17) is 0 Å². The minimum atomic E-state index is -0.0844. The van der Waals surface area contributed by atoms with E-state index in [2.05, 4.69) is 34.0 Å². The van der Waals surface area contributed by atoms with Gasteiger partial charge in [-0.3, -0.25) is 0 Å².